The van der Waals surface area contributed by atoms with Gasteiger partial charge in [0, 0.05) is 18.8 Å². The molecule has 0 radical (unpaired) electrons. The van der Waals surface area contributed by atoms with E-state index in [1.165, 1.54) is 31.3 Å². The molecule has 6 aliphatic rings. The maximum Gasteiger partial charge on any atom is 0.306 e. The Balaban J connectivity index is 1.37. The first kappa shape index (κ1) is 15.9. The molecule has 0 aromatic heterocycles. The number of allylic oxidation sites excluding steroid dienone is 2. The smallest absolute Gasteiger partial charge is 0.306 e. The molecule has 1 heterocycles. The summed E-state index contributed by atoms with van der Waals surface area (Å²) in [4.78, 5) is 24.1. The van der Waals surface area contributed by atoms with Crippen molar-refractivity contribution in [3.05, 3.63) is 11.6 Å². The predicted octanol–water partition coefficient (Wildman–Crippen LogP) is 4.31. The Hall–Kier alpha value is -1.12. The fourth-order valence-corrected chi connectivity index (χ4v) is 8.00. The zero-order valence-corrected chi connectivity index (χ0v) is 15.8. The van der Waals surface area contributed by atoms with Crippen molar-refractivity contribution in [1.29, 1.82) is 0 Å². The van der Waals surface area contributed by atoms with Crippen LogP contribution in [0.3, 0.4) is 0 Å². The van der Waals surface area contributed by atoms with E-state index in [1.54, 1.807) is 0 Å². The van der Waals surface area contributed by atoms with Gasteiger partial charge in [0.25, 0.3) is 0 Å². The second-order valence-electron chi connectivity index (χ2n) is 10.5. The lowest BCUT2D eigenvalue weighted by Gasteiger charge is -2.55. The van der Waals surface area contributed by atoms with Crippen LogP contribution in [0.5, 0.6) is 0 Å². The van der Waals surface area contributed by atoms with Crippen molar-refractivity contribution < 1.29 is 14.3 Å². The summed E-state index contributed by atoms with van der Waals surface area (Å²) in [6.45, 7) is 2.53. The van der Waals surface area contributed by atoms with Gasteiger partial charge in [-0.05, 0) is 91.9 Å². The van der Waals surface area contributed by atoms with Gasteiger partial charge in [0.15, 0.2) is 5.78 Å². The normalized spacial score (nSPS) is 54.6. The molecule has 0 spiro atoms. The number of ketones is 1. The summed E-state index contributed by atoms with van der Waals surface area (Å²) >= 11 is 0. The Morgan fingerprint density at radius 3 is 2.77 bits per heavy atom. The summed E-state index contributed by atoms with van der Waals surface area (Å²) in [5.74, 6) is 5.58. The molecule has 5 aliphatic carbocycles. The molecule has 1 aliphatic heterocycles. The highest BCUT2D eigenvalue weighted by Gasteiger charge is 2.66. The highest BCUT2D eigenvalue weighted by molar-refractivity contribution is 5.91. The van der Waals surface area contributed by atoms with Gasteiger partial charge in [-0.15, -0.1) is 0 Å². The van der Waals surface area contributed by atoms with Crippen molar-refractivity contribution >= 4 is 11.8 Å². The van der Waals surface area contributed by atoms with E-state index in [1.807, 2.05) is 6.08 Å². The quantitative estimate of drug-likeness (QED) is 0.609. The van der Waals surface area contributed by atoms with Crippen molar-refractivity contribution in [2.45, 2.75) is 70.8 Å². The average Bonchev–Trinajstić information content (AvgIpc) is 3.50. The Labute approximate surface area is 155 Å². The van der Waals surface area contributed by atoms with E-state index in [0.717, 1.165) is 49.4 Å². The van der Waals surface area contributed by atoms with Crippen LogP contribution >= 0.6 is 0 Å². The van der Waals surface area contributed by atoms with E-state index in [2.05, 4.69) is 6.92 Å². The Kier molecular flexibility index (Phi) is 3.20. The van der Waals surface area contributed by atoms with Crippen molar-refractivity contribution in [2.75, 3.05) is 0 Å². The van der Waals surface area contributed by atoms with E-state index >= 15 is 0 Å². The van der Waals surface area contributed by atoms with Gasteiger partial charge in [0.2, 0.25) is 0 Å². The maximum absolute atomic E-state index is 12.0. The van der Waals surface area contributed by atoms with Crippen LogP contribution in [-0.2, 0) is 14.3 Å². The summed E-state index contributed by atoms with van der Waals surface area (Å²) in [5, 5.41) is 0. The lowest BCUT2D eigenvalue weighted by molar-refractivity contribution is -0.145. The number of fused-ring (bicyclic) bond motifs is 10. The first-order valence-corrected chi connectivity index (χ1v) is 11.0. The number of carbonyl (C=O) groups excluding carboxylic acids is 2. The third-order valence-corrected chi connectivity index (χ3v) is 9.15. The fourth-order valence-electron chi connectivity index (χ4n) is 8.00. The summed E-state index contributed by atoms with van der Waals surface area (Å²) in [6.07, 6.45) is 12.0. The van der Waals surface area contributed by atoms with Crippen molar-refractivity contribution in [3.8, 4) is 0 Å². The van der Waals surface area contributed by atoms with Crippen LogP contribution in [0.2, 0.25) is 0 Å². The van der Waals surface area contributed by atoms with Crippen LogP contribution in [0, 0.1) is 46.8 Å². The molecule has 0 bridgehead atoms. The molecule has 0 N–H and O–H groups in total. The SMILES string of the molecule is CC12CCCC(=O)O[C@@H]3C[C@@H]3C1C1C(CC2)C2CCC(=O)C=C2C2CC21. The van der Waals surface area contributed by atoms with Crippen molar-refractivity contribution in [2.24, 2.45) is 46.8 Å². The molecule has 0 aromatic carbocycles. The highest BCUT2D eigenvalue weighted by Crippen LogP contribution is 2.71. The first-order valence-electron chi connectivity index (χ1n) is 11.0. The van der Waals surface area contributed by atoms with Gasteiger partial charge in [-0.1, -0.05) is 12.5 Å². The van der Waals surface area contributed by atoms with Crippen LogP contribution in [0.1, 0.15) is 64.7 Å². The number of hydrogen-bond acceptors (Lipinski definition) is 3. The molecule has 1 saturated heterocycles. The van der Waals surface area contributed by atoms with E-state index in [-0.39, 0.29) is 12.1 Å². The first-order chi connectivity index (χ1) is 12.5. The van der Waals surface area contributed by atoms with E-state index < -0.39 is 0 Å². The minimum absolute atomic E-state index is 0.0419. The number of hydrogen-bond donors (Lipinski definition) is 0. The molecule has 0 aromatic rings. The highest BCUT2D eigenvalue weighted by atomic mass is 16.5. The molecule has 140 valence electrons. The van der Waals surface area contributed by atoms with Crippen LogP contribution in [0.25, 0.3) is 0 Å². The molecule has 26 heavy (non-hydrogen) atoms. The van der Waals surface area contributed by atoms with E-state index in [4.69, 9.17) is 4.74 Å². The predicted molar refractivity (Wildman–Crippen MR) is 97.1 cm³/mol. The van der Waals surface area contributed by atoms with E-state index in [0.29, 0.717) is 35.4 Å². The molecule has 5 fully saturated rings. The second-order valence-corrected chi connectivity index (χ2v) is 10.5. The molecule has 7 unspecified atom stereocenters. The summed E-state index contributed by atoms with van der Waals surface area (Å²) < 4.78 is 5.79. The van der Waals surface area contributed by atoms with Gasteiger partial charge >= 0.3 is 5.97 Å². The second kappa shape index (κ2) is 5.23. The van der Waals surface area contributed by atoms with Crippen molar-refractivity contribution in [1.82, 2.24) is 0 Å². The Bertz CT molecular complexity index is 708. The topological polar surface area (TPSA) is 43.4 Å². The monoisotopic (exact) mass is 354 g/mol. The summed E-state index contributed by atoms with van der Waals surface area (Å²) in [5.41, 5.74) is 1.94. The third-order valence-electron chi connectivity index (χ3n) is 9.15. The molecule has 9 atom stereocenters. The number of ether oxygens (including phenoxy) is 1. The Morgan fingerprint density at radius 2 is 1.88 bits per heavy atom. The van der Waals surface area contributed by atoms with Crippen LogP contribution < -0.4 is 0 Å². The van der Waals surface area contributed by atoms with Gasteiger partial charge in [0.1, 0.15) is 6.10 Å². The minimum Gasteiger partial charge on any atom is -0.462 e. The van der Waals surface area contributed by atoms with Crippen molar-refractivity contribution in [3.63, 3.8) is 0 Å². The van der Waals surface area contributed by atoms with Crippen LogP contribution in [0.15, 0.2) is 11.6 Å². The zero-order valence-electron chi connectivity index (χ0n) is 15.8. The maximum atomic E-state index is 12.0. The number of carbonyl (C=O) groups is 2. The average molecular weight is 354 g/mol. The standard InChI is InChI=1S/C23H30O3/c1-23-7-2-3-20(25)26-19-11-18(19)22(23)21-14(6-8-23)13-5-4-12(24)9-15(13)16-10-17(16)21/h9,13-14,16-19,21-22H,2-8,10-11H2,1H3/t13?,14?,16?,17?,18-,19+,21?,22?,23?/m0/s1. The number of esters is 1. The lowest BCUT2D eigenvalue weighted by atomic mass is 9.49. The Morgan fingerprint density at radius 1 is 1.00 bits per heavy atom. The van der Waals surface area contributed by atoms with E-state index in [9.17, 15) is 9.59 Å². The minimum atomic E-state index is 0.0419. The molecule has 4 saturated carbocycles. The zero-order chi connectivity index (χ0) is 17.6. The lowest BCUT2D eigenvalue weighted by Crippen LogP contribution is -2.49. The molecule has 0 amide bonds. The van der Waals surface area contributed by atoms with Crippen LogP contribution in [0.4, 0.5) is 0 Å². The molecule has 3 nitrogen and oxygen atoms in total. The van der Waals surface area contributed by atoms with Gasteiger partial charge in [-0.25, -0.2) is 0 Å². The largest absolute Gasteiger partial charge is 0.462 e. The fraction of sp³-hybridized carbons (Fsp3) is 0.826. The van der Waals surface area contributed by atoms with Gasteiger partial charge in [-0.2, -0.15) is 0 Å². The molecular formula is C23H30O3. The van der Waals surface area contributed by atoms with Gasteiger partial charge in [0.05, 0.1) is 0 Å². The molecule has 3 heteroatoms. The number of rotatable bonds is 0. The van der Waals surface area contributed by atoms with Gasteiger partial charge in [-0.3, -0.25) is 9.59 Å². The molecule has 6 rings (SSSR count). The molecular weight excluding hydrogens is 324 g/mol. The summed E-state index contributed by atoms with van der Waals surface area (Å²) in [6, 6.07) is 0. The van der Waals surface area contributed by atoms with Crippen LogP contribution in [-0.4, -0.2) is 17.9 Å². The van der Waals surface area contributed by atoms with Gasteiger partial charge < -0.3 is 4.74 Å². The third kappa shape index (κ3) is 2.18. The summed E-state index contributed by atoms with van der Waals surface area (Å²) in [7, 11) is 0.